The van der Waals surface area contributed by atoms with Gasteiger partial charge in [0.1, 0.15) is 0 Å². The van der Waals surface area contributed by atoms with Gasteiger partial charge in [-0.15, -0.1) is 0 Å². The molecule has 0 radical (unpaired) electrons. The van der Waals surface area contributed by atoms with Gasteiger partial charge in [-0.1, -0.05) is 213 Å². The predicted molar refractivity (Wildman–Crippen MR) is 294 cm³/mol. The molecule has 3 aliphatic rings. The number of aliphatic carboxylic acids is 3. The van der Waals surface area contributed by atoms with Crippen molar-refractivity contribution in [3.63, 3.8) is 0 Å². The second-order valence-corrected chi connectivity index (χ2v) is 21.9. The number of amides is 3. The molecule has 0 saturated carbocycles. The highest BCUT2D eigenvalue weighted by atomic mass is 16.4. The molecule has 72 heavy (non-hydrogen) atoms. The topological polar surface area (TPSA) is 173 Å². The zero-order chi connectivity index (χ0) is 52.9. The normalized spacial score (nSPS) is 17.9. The van der Waals surface area contributed by atoms with Crippen LogP contribution < -0.4 is 0 Å². The van der Waals surface area contributed by atoms with Crippen molar-refractivity contribution in [2.45, 2.75) is 290 Å². The number of nitrogens with zero attached hydrogens (tertiary/aromatic N) is 3. The smallest absolute Gasteiger partial charge is 0.308 e. The van der Waals surface area contributed by atoms with Crippen LogP contribution in [0.2, 0.25) is 0 Å². The van der Waals surface area contributed by atoms with Crippen LogP contribution in [0, 0.1) is 17.8 Å². The van der Waals surface area contributed by atoms with Crippen LogP contribution in [0.25, 0.3) is 0 Å². The van der Waals surface area contributed by atoms with Gasteiger partial charge in [0, 0.05) is 58.5 Å². The van der Waals surface area contributed by atoms with Gasteiger partial charge in [0.25, 0.3) is 0 Å². The molecule has 420 valence electrons. The predicted octanol–water partition coefficient (Wildman–Crippen LogP) is 15.0. The number of hydrogen-bond acceptors (Lipinski definition) is 6. The molecule has 3 aliphatic heterocycles. The van der Waals surface area contributed by atoms with Crippen molar-refractivity contribution in [2.24, 2.45) is 17.8 Å². The molecule has 3 amide bonds. The van der Waals surface area contributed by atoms with Crippen LogP contribution in [-0.4, -0.2) is 105 Å². The minimum Gasteiger partial charge on any atom is -0.481 e. The Morgan fingerprint density at radius 1 is 0.306 bits per heavy atom. The molecule has 0 aromatic heterocycles. The van der Waals surface area contributed by atoms with Crippen LogP contribution in [0.15, 0.2) is 0 Å². The highest BCUT2D eigenvalue weighted by Gasteiger charge is 2.30. The van der Waals surface area contributed by atoms with Crippen LogP contribution in [0.5, 0.6) is 0 Å². The Labute approximate surface area is 440 Å². The Hall–Kier alpha value is -3.18. The Morgan fingerprint density at radius 2 is 0.486 bits per heavy atom. The molecule has 0 aromatic carbocycles. The molecular weight excluding hydrogens is 907 g/mol. The average molecular weight is 1020 g/mol. The molecule has 3 rings (SSSR count). The second-order valence-electron chi connectivity index (χ2n) is 21.9. The summed E-state index contributed by atoms with van der Waals surface area (Å²) in [6, 6.07) is 0. The van der Waals surface area contributed by atoms with E-state index in [1.54, 1.807) is 14.7 Å². The van der Waals surface area contributed by atoms with Crippen LogP contribution in [-0.2, 0) is 28.8 Å². The maximum Gasteiger partial charge on any atom is 0.308 e. The molecule has 3 fully saturated rings. The number of unbranched alkanes of at least 4 members (excludes halogenated alkanes) is 30. The highest BCUT2D eigenvalue weighted by Crippen LogP contribution is 2.22. The minimum atomic E-state index is -0.763. The van der Waals surface area contributed by atoms with Gasteiger partial charge in [-0.2, -0.15) is 0 Å². The summed E-state index contributed by atoms with van der Waals surface area (Å²) in [5.74, 6) is -2.92. The third-order valence-electron chi connectivity index (χ3n) is 15.4. The minimum absolute atomic E-state index is 0.147. The Balaban J connectivity index is 0.000000542. The van der Waals surface area contributed by atoms with Gasteiger partial charge in [0.2, 0.25) is 17.7 Å². The number of piperidine rings is 3. The van der Waals surface area contributed by atoms with Crippen molar-refractivity contribution in [2.75, 3.05) is 39.3 Å². The standard InChI is InChI=1S/C22H41NO3.C20H37NO3.C18H33NO3/c1-2-3-4-5-6-7-8-9-10-11-12-13-14-17-21(24)23-18-15-16-20(19-23)22(25)26;1-2-3-4-5-6-7-8-9-10-11-12-15-19(22)21-16-13-14-18(17-21)20(23)24;1-2-3-4-5-6-7-8-9-10-13-17(20)19-14-11-12-16(15-19)18(21)22/h20H,2-19H2,1H3,(H,25,26);18H,2-17H2,1H3,(H,23,24);16H,2-15H2,1H3,(H,21,22). The van der Waals surface area contributed by atoms with Crippen molar-refractivity contribution in [1.82, 2.24) is 14.7 Å². The summed E-state index contributed by atoms with van der Waals surface area (Å²) < 4.78 is 0. The lowest BCUT2D eigenvalue weighted by molar-refractivity contribution is -0.147. The molecule has 3 saturated heterocycles. The summed E-state index contributed by atoms with van der Waals surface area (Å²) in [4.78, 5) is 74.9. The number of rotatable bonds is 39. The lowest BCUT2D eigenvalue weighted by atomic mass is 9.98. The third kappa shape index (κ3) is 35.9. The second kappa shape index (κ2) is 46.4. The fraction of sp³-hybridized carbons (Fsp3) is 0.900. The molecule has 0 aromatic rings. The highest BCUT2D eigenvalue weighted by molar-refractivity contribution is 5.79. The van der Waals surface area contributed by atoms with E-state index < -0.39 is 17.9 Å². The van der Waals surface area contributed by atoms with Crippen LogP contribution >= 0.6 is 0 Å². The number of carboxylic acids is 3. The van der Waals surface area contributed by atoms with E-state index in [0.29, 0.717) is 58.2 Å². The zero-order valence-electron chi connectivity index (χ0n) is 46.8. The van der Waals surface area contributed by atoms with E-state index in [9.17, 15) is 28.8 Å². The molecule has 3 heterocycles. The monoisotopic (exact) mass is 1020 g/mol. The first kappa shape index (κ1) is 66.8. The lowest BCUT2D eigenvalue weighted by Crippen LogP contribution is -2.42. The number of carbonyl (C=O) groups is 6. The Bertz CT molecular complexity index is 1390. The fourth-order valence-electron chi connectivity index (χ4n) is 10.5. The van der Waals surface area contributed by atoms with Crippen molar-refractivity contribution >= 4 is 35.6 Å². The first-order valence-electron chi connectivity index (χ1n) is 30.5. The number of carbonyl (C=O) groups excluding carboxylic acids is 3. The van der Waals surface area contributed by atoms with Gasteiger partial charge in [0.05, 0.1) is 17.8 Å². The molecule has 3 atom stereocenters. The van der Waals surface area contributed by atoms with E-state index in [2.05, 4.69) is 20.8 Å². The van der Waals surface area contributed by atoms with Crippen molar-refractivity contribution < 1.29 is 44.1 Å². The van der Waals surface area contributed by atoms with Crippen molar-refractivity contribution in [3.8, 4) is 0 Å². The van der Waals surface area contributed by atoms with Crippen LogP contribution in [0.4, 0.5) is 0 Å². The third-order valence-corrected chi connectivity index (χ3v) is 15.4. The van der Waals surface area contributed by atoms with Gasteiger partial charge in [0.15, 0.2) is 0 Å². The summed E-state index contributed by atoms with van der Waals surface area (Å²) >= 11 is 0. The van der Waals surface area contributed by atoms with Crippen molar-refractivity contribution in [3.05, 3.63) is 0 Å². The maximum absolute atomic E-state index is 12.2. The summed E-state index contributed by atoms with van der Waals surface area (Å²) in [6.45, 7) is 10.2. The summed E-state index contributed by atoms with van der Waals surface area (Å²) in [5.41, 5.74) is 0. The van der Waals surface area contributed by atoms with Gasteiger partial charge in [-0.3, -0.25) is 28.8 Å². The largest absolute Gasteiger partial charge is 0.481 e. The quantitative estimate of drug-likeness (QED) is 0.0507. The SMILES string of the molecule is CCCCCCCCCCCC(=O)N1CCCC(C(=O)O)C1.CCCCCCCCCCCCCC(=O)N1CCCC(C(=O)O)C1.CCCCCCCCCCCCCCCC(=O)N1CCCC(C(=O)O)C1. The molecule has 0 aliphatic carbocycles. The van der Waals surface area contributed by atoms with Crippen molar-refractivity contribution in [1.29, 1.82) is 0 Å². The first-order chi connectivity index (χ1) is 34.9. The van der Waals surface area contributed by atoms with E-state index in [1.165, 1.54) is 173 Å². The summed E-state index contributed by atoms with van der Waals surface area (Å²) in [5, 5.41) is 27.2. The van der Waals surface area contributed by atoms with Crippen LogP contribution in [0.3, 0.4) is 0 Å². The van der Waals surface area contributed by atoms with E-state index >= 15 is 0 Å². The van der Waals surface area contributed by atoms with E-state index in [-0.39, 0.29) is 35.5 Å². The number of carboxylic acid groups (broad SMARTS) is 3. The van der Waals surface area contributed by atoms with Gasteiger partial charge < -0.3 is 30.0 Å². The first-order valence-corrected chi connectivity index (χ1v) is 30.5. The lowest BCUT2D eigenvalue weighted by Gasteiger charge is -2.30. The maximum atomic E-state index is 12.2. The Morgan fingerprint density at radius 3 is 0.667 bits per heavy atom. The van der Waals surface area contributed by atoms with Gasteiger partial charge >= 0.3 is 17.9 Å². The Kier molecular flexibility index (Phi) is 43.0. The number of likely N-dealkylation sites (tertiary alicyclic amines) is 3. The van der Waals surface area contributed by atoms with E-state index in [1.807, 2.05) is 0 Å². The van der Waals surface area contributed by atoms with E-state index in [4.69, 9.17) is 15.3 Å². The molecule has 3 N–H and O–H groups in total. The van der Waals surface area contributed by atoms with Gasteiger partial charge in [-0.05, 0) is 57.8 Å². The summed E-state index contributed by atoms with van der Waals surface area (Å²) in [6.07, 6.45) is 48.6. The average Bonchev–Trinajstić information content (AvgIpc) is 3.39. The molecule has 0 spiro atoms. The van der Waals surface area contributed by atoms with E-state index in [0.717, 1.165) is 77.4 Å². The molecule has 12 heteroatoms. The summed E-state index contributed by atoms with van der Waals surface area (Å²) in [7, 11) is 0. The van der Waals surface area contributed by atoms with Gasteiger partial charge in [-0.25, -0.2) is 0 Å². The molecule has 3 unspecified atom stereocenters. The van der Waals surface area contributed by atoms with Crippen LogP contribution in [0.1, 0.15) is 290 Å². The fourth-order valence-corrected chi connectivity index (χ4v) is 10.5. The molecule has 0 bridgehead atoms. The molecule has 12 nitrogen and oxygen atoms in total. The zero-order valence-corrected chi connectivity index (χ0v) is 46.8. The molecular formula is C60H111N3O9. The number of hydrogen-bond donors (Lipinski definition) is 3.